The zero-order valence-electron chi connectivity index (χ0n) is 21.8. The number of carbonyl (C=O) groups excluding carboxylic acids is 1. The number of urea groups is 1. The Labute approximate surface area is 224 Å². The highest BCUT2D eigenvalue weighted by molar-refractivity contribution is 5.85. The van der Waals surface area contributed by atoms with Gasteiger partial charge in [0.2, 0.25) is 5.88 Å². The van der Waals surface area contributed by atoms with Crippen LogP contribution in [-0.4, -0.2) is 69.7 Å². The molecule has 0 saturated carbocycles. The lowest BCUT2D eigenvalue weighted by Crippen LogP contribution is -2.45. The zero-order valence-corrected chi connectivity index (χ0v) is 21.8. The van der Waals surface area contributed by atoms with E-state index < -0.39 is 34.6 Å². The maximum absolute atomic E-state index is 14.0. The Morgan fingerprint density at radius 2 is 1.97 bits per heavy atom. The number of nitrogens with two attached hydrogens (primary N) is 2. The third kappa shape index (κ3) is 7.19. The summed E-state index contributed by atoms with van der Waals surface area (Å²) in [7, 11) is 2.09. The van der Waals surface area contributed by atoms with Gasteiger partial charge in [0, 0.05) is 30.9 Å². The minimum absolute atomic E-state index is 0.0535. The van der Waals surface area contributed by atoms with Crippen molar-refractivity contribution in [1.82, 2.24) is 20.2 Å². The van der Waals surface area contributed by atoms with Crippen LogP contribution in [0.1, 0.15) is 31.9 Å². The number of nitrogens with zero attached hydrogens (tertiary/aromatic N) is 3. The minimum Gasteiger partial charge on any atom is -0.481 e. The molecule has 2 heterocycles. The second-order valence-corrected chi connectivity index (χ2v) is 10.1. The average molecular weight is 545 g/mol. The molecule has 4 rings (SSSR count). The summed E-state index contributed by atoms with van der Waals surface area (Å²) in [6.45, 7) is 4.37. The third-order valence-corrected chi connectivity index (χ3v) is 6.88. The monoisotopic (exact) mass is 544 g/mol. The number of ether oxygens (including phenoxy) is 1. The standard InChI is InChI=1S/C19H18FN3O5.C7H15N3O/c1-18(16(24)25)5-2-6-19(9-18,17(26)27)14-8-15(23-10-22-14)28-13-4-3-11(21)7-12(13)20;1-10-3-2-6(5-10)4-9-7(8)11/h2-5,7-8,10H,6,9,21H2,1H3,(H,24,25)(H,26,27);6H,2-5H2,1H3,(H3,8,9,11)/t;6-/m.0/s1. The Kier molecular flexibility index (Phi) is 9.07. The van der Waals surface area contributed by atoms with E-state index in [0.29, 0.717) is 5.92 Å². The molecule has 39 heavy (non-hydrogen) atoms. The van der Waals surface area contributed by atoms with Gasteiger partial charge in [-0.1, -0.05) is 12.2 Å². The van der Waals surface area contributed by atoms with E-state index in [9.17, 15) is 29.0 Å². The molecule has 2 aliphatic rings. The molecule has 12 nitrogen and oxygen atoms in total. The highest BCUT2D eigenvalue weighted by atomic mass is 19.1. The van der Waals surface area contributed by atoms with Gasteiger partial charge in [-0.2, -0.15) is 0 Å². The largest absolute Gasteiger partial charge is 0.481 e. The van der Waals surface area contributed by atoms with Crippen molar-refractivity contribution in [1.29, 1.82) is 0 Å². The fraction of sp³-hybridized carbons (Fsp3) is 0.423. The molecule has 2 unspecified atom stereocenters. The fourth-order valence-electron chi connectivity index (χ4n) is 4.70. The van der Waals surface area contributed by atoms with Crippen LogP contribution in [0.3, 0.4) is 0 Å². The van der Waals surface area contributed by atoms with Gasteiger partial charge in [-0.05, 0) is 57.8 Å². The Balaban J connectivity index is 0.000000320. The summed E-state index contributed by atoms with van der Waals surface area (Å²) in [4.78, 5) is 44.3. The Morgan fingerprint density at radius 3 is 2.56 bits per heavy atom. The molecule has 2 amide bonds. The van der Waals surface area contributed by atoms with E-state index in [1.54, 1.807) is 0 Å². The van der Waals surface area contributed by atoms with E-state index in [4.69, 9.17) is 16.2 Å². The summed E-state index contributed by atoms with van der Waals surface area (Å²) < 4.78 is 19.4. The van der Waals surface area contributed by atoms with Gasteiger partial charge in [-0.25, -0.2) is 19.2 Å². The summed E-state index contributed by atoms with van der Waals surface area (Å²) in [5.41, 5.74) is 7.80. The first-order chi connectivity index (χ1) is 18.3. The smallest absolute Gasteiger partial charge is 0.316 e. The van der Waals surface area contributed by atoms with Crippen LogP contribution < -0.4 is 21.5 Å². The van der Waals surface area contributed by atoms with Crippen LogP contribution in [0.5, 0.6) is 11.6 Å². The molecule has 1 aliphatic heterocycles. The van der Waals surface area contributed by atoms with Crippen molar-refractivity contribution in [2.24, 2.45) is 17.1 Å². The topological polar surface area (TPSA) is 194 Å². The lowest BCUT2D eigenvalue weighted by molar-refractivity contribution is -0.151. The number of halogens is 1. The van der Waals surface area contributed by atoms with Crippen LogP contribution in [0.2, 0.25) is 0 Å². The number of carboxylic acid groups (broad SMARTS) is 2. The van der Waals surface area contributed by atoms with E-state index in [1.165, 1.54) is 37.3 Å². The van der Waals surface area contributed by atoms with Crippen LogP contribution in [0.15, 0.2) is 42.7 Å². The normalized spacial score (nSPS) is 24.3. The van der Waals surface area contributed by atoms with Gasteiger partial charge in [-0.15, -0.1) is 0 Å². The molecule has 3 atom stereocenters. The van der Waals surface area contributed by atoms with Gasteiger partial charge < -0.3 is 36.6 Å². The van der Waals surface area contributed by atoms with Gasteiger partial charge in [0.15, 0.2) is 11.6 Å². The van der Waals surface area contributed by atoms with E-state index in [2.05, 4.69) is 27.2 Å². The molecule has 2 aromatic rings. The molecule has 1 aromatic heterocycles. The minimum atomic E-state index is -1.58. The van der Waals surface area contributed by atoms with Crippen molar-refractivity contribution in [3.05, 3.63) is 54.3 Å². The highest BCUT2D eigenvalue weighted by Gasteiger charge is 2.51. The van der Waals surface area contributed by atoms with Crippen LogP contribution in [0, 0.1) is 17.2 Å². The predicted octanol–water partition coefficient (Wildman–Crippen LogP) is 2.36. The first kappa shape index (κ1) is 29.3. The number of hydrogen-bond acceptors (Lipinski definition) is 8. The van der Waals surface area contributed by atoms with E-state index in [-0.39, 0.29) is 35.9 Å². The van der Waals surface area contributed by atoms with Crippen molar-refractivity contribution < 1.29 is 33.7 Å². The van der Waals surface area contributed by atoms with Gasteiger partial charge in [-0.3, -0.25) is 9.59 Å². The summed E-state index contributed by atoms with van der Waals surface area (Å²) >= 11 is 0. The van der Waals surface area contributed by atoms with Crippen molar-refractivity contribution in [3.8, 4) is 11.6 Å². The summed E-state index contributed by atoms with van der Waals surface area (Å²) in [6.07, 6.45) is 5.12. The third-order valence-electron chi connectivity index (χ3n) is 6.88. The number of likely N-dealkylation sites (tertiary alicyclic amines) is 1. The number of hydrogen-bond donors (Lipinski definition) is 5. The molecule has 210 valence electrons. The molecular weight excluding hydrogens is 511 g/mol. The first-order valence-corrected chi connectivity index (χ1v) is 12.3. The van der Waals surface area contributed by atoms with Crippen molar-refractivity contribution in [2.75, 3.05) is 32.4 Å². The number of aliphatic carboxylic acids is 2. The van der Waals surface area contributed by atoms with Crippen LogP contribution in [0.4, 0.5) is 14.9 Å². The lowest BCUT2D eigenvalue weighted by Gasteiger charge is -2.37. The molecule has 13 heteroatoms. The zero-order chi connectivity index (χ0) is 28.8. The molecule has 1 saturated heterocycles. The Morgan fingerprint density at radius 1 is 1.23 bits per heavy atom. The maximum atomic E-state index is 14.0. The Bertz CT molecular complexity index is 1260. The van der Waals surface area contributed by atoms with Crippen LogP contribution in [-0.2, 0) is 15.0 Å². The quantitative estimate of drug-likeness (QED) is 0.255. The number of aromatic nitrogens is 2. The number of primary amides is 1. The van der Waals surface area contributed by atoms with E-state index in [1.807, 2.05) is 0 Å². The molecule has 1 aromatic carbocycles. The molecule has 0 radical (unpaired) electrons. The van der Waals surface area contributed by atoms with Crippen molar-refractivity contribution in [3.63, 3.8) is 0 Å². The second kappa shape index (κ2) is 12.1. The van der Waals surface area contributed by atoms with E-state index in [0.717, 1.165) is 38.4 Å². The van der Waals surface area contributed by atoms with Crippen LogP contribution in [0.25, 0.3) is 0 Å². The van der Waals surface area contributed by atoms with Gasteiger partial charge >= 0.3 is 18.0 Å². The molecule has 1 fully saturated rings. The number of benzene rings is 1. The highest BCUT2D eigenvalue weighted by Crippen LogP contribution is 2.45. The van der Waals surface area contributed by atoms with Gasteiger partial charge in [0.05, 0.1) is 11.1 Å². The SMILES string of the molecule is CC1(C(=O)O)C=CCC(C(=O)O)(c2cc(Oc3ccc(N)cc3F)ncn2)C1.CN1CC[C@@H](CNC(N)=O)C1. The number of allylic oxidation sites excluding steroid dienone is 1. The lowest BCUT2D eigenvalue weighted by atomic mass is 9.64. The van der Waals surface area contributed by atoms with Crippen molar-refractivity contribution >= 4 is 23.7 Å². The number of amides is 2. The summed E-state index contributed by atoms with van der Waals surface area (Å²) in [5.74, 6) is -2.67. The second-order valence-electron chi connectivity index (χ2n) is 10.1. The molecule has 0 bridgehead atoms. The number of rotatable bonds is 7. The summed E-state index contributed by atoms with van der Waals surface area (Å²) in [5, 5.41) is 22.0. The number of carboxylic acids is 2. The van der Waals surface area contributed by atoms with Crippen LogP contribution >= 0.6 is 0 Å². The molecular formula is C26H33FN6O6. The van der Waals surface area contributed by atoms with Gasteiger partial charge in [0.1, 0.15) is 11.7 Å². The molecule has 7 N–H and O–H groups in total. The summed E-state index contributed by atoms with van der Waals surface area (Å²) in [6, 6.07) is 4.72. The fourth-order valence-corrected chi connectivity index (χ4v) is 4.70. The van der Waals surface area contributed by atoms with Gasteiger partial charge in [0.25, 0.3) is 0 Å². The first-order valence-electron chi connectivity index (χ1n) is 12.3. The predicted molar refractivity (Wildman–Crippen MR) is 140 cm³/mol. The van der Waals surface area contributed by atoms with Crippen molar-refractivity contribution in [2.45, 2.75) is 31.6 Å². The number of carbonyl (C=O) groups is 3. The van der Waals surface area contributed by atoms with E-state index >= 15 is 0 Å². The molecule has 1 aliphatic carbocycles. The number of nitrogen functional groups attached to an aromatic ring is 1. The molecule has 0 spiro atoms. The Hall–Kier alpha value is -4.26. The number of nitrogens with one attached hydrogen (secondary N) is 1. The number of anilines is 1. The average Bonchev–Trinajstić information content (AvgIpc) is 3.30. The maximum Gasteiger partial charge on any atom is 0.316 e.